The molecule has 2 unspecified atom stereocenters. The molecule has 3 nitrogen and oxygen atoms in total. The van der Waals surface area contributed by atoms with E-state index >= 15 is 0 Å². The highest BCUT2D eigenvalue weighted by molar-refractivity contribution is 5.43. The molecule has 2 atom stereocenters. The zero-order valence-corrected chi connectivity index (χ0v) is 12.6. The Morgan fingerprint density at radius 3 is 2.26 bits per heavy atom. The summed E-state index contributed by atoms with van der Waals surface area (Å²) in [5, 5.41) is 0. The van der Waals surface area contributed by atoms with Crippen LogP contribution in [0.4, 0.5) is 0 Å². The van der Waals surface area contributed by atoms with Crippen molar-refractivity contribution in [2.45, 2.75) is 46.6 Å². The summed E-state index contributed by atoms with van der Waals surface area (Å²) in [5.41, 5.74) is 7.12. The molecule has 0 heterocycles. The predicted molar refractivity (Wildman–Crippen MR) is 79.9 cm³/mol. The van der Waals surface area contributed by atoms with E-state index in [9.17, 15) is 0 Å². The minimum absolute atomic E-state index is 0.254. The van der Waals surface area contributed by atoms with Gasteiger partial charge in [0.05, 0.1) is 13.2 Å². The molecule has 0 saturated heterocycles. The molecule has 2 N–H and O–H groups in total. The molecule has 1 aromatic carbocycles. The monoisotopic (exact) mass is 265 g/mol. The topological polar surface area (TPSA) is 44.5 Å². The third kappa shape index (κ3) is 5.52. The van der Waals surface area contributed by atoms with Gasteiger partial charge >= 0.3 is 0 Å². The maximum Gasteiger partial charge on any atom is 0.161 e. The maximum atomic E-state index is 5.84. The first-order chi connectivity index (χ1) is 9.06. The zero-order valence-electron chi connectivity index (χ0n) is 12.6. The average Bonchev–Trinajstić information content (AvgIpc) is 2.32. The first kappa shape index (κ1) is 15.8. The van der Waals surface area contributed by atoms with Crippen molar-refractivity contribution >= 4 is 0 Å². The van der Waals surface area contributed by atoms with E-state index in [1.54, 1.807) is 0 Å². The summed E-state index contributed by atoms with van der Waals surface area (Å²) in [5.74, 6) is 2.25. The van der Waals surface area contributed by atoms with Gasteiger partial charge in [0.25, 0.3) is 0 Å². The number of benzene rings is 1. The number of hydrogen-bond donors (Lipinski definition) is 1. The molecule has 0 saturated carbocycles. The molecule has 0 aliphatic rings. The fraction of sp³-hybridized carbons (Fsp3) is 0.625. The predicted octanol–water partition coefficient (Wildman–Crippen LogP) is 3.40. The fourth-order valence-electron chi connectivity index (χ4n) is 2.34. The normalized spacial score (nSPS) is 13.9. The van der Waals surface area contributed by atoms with Gasteiger partial charge in [0.2, 0.25) is 0 Å². The Bertz CT molecular complexity index is 377. The minimum atomic E-state index is 0.254. The van der Waals surface area contributed by atoms with Crippen molar-refractivity contribution in [1.82, 2.24) is 0 Å². The third-order valence-corrected chi connectivity index (χ3v) is 2.97. The molecule has 0 amide bonds. The second kappa shape index (κ2) is 8.05. The lowest BCUT2D eigenvalue weighted by Gasteiger charge is -2.16. The largest absolute Gasteiger partial charge is 0.490 e. The molecule has 0 radical (unpaired) electrons. The lowest BCUT2D eigenvalue weighted by Crippen LogP contribution is -2.19. The smallest absolute Gasteiger partial charge is 0.161 e. The van der Waals surface area contributed by atoms with Crippen molar-refractivity contribution in [3.05, 3.63) is 23.8 Å². The van der Waals surface area contributed by atoms with Gasteiger partial charge in [-0.15, -0.1) is 0 Å². The van der Waals surface area contributed by atoms with Crippen molar-refractivity contribution in [3.63, 3.8) is 0 Å². The molecule has 19 heavy (non-hydrogen) atoms. The lowest BCUT2D eigenvalue weighted by molar-refractivity contribution is 0.287. The molecule has 0 fully saturated rings. The highest BCUT2D eigenvalue weighted by atomic mass is 16.5. The van der Waals surface area contributed by atoms with Crippen LogP contribution in [-0.4, -0.2) is 19.3 Å². The Hall–Kier alpha value is -1.22. The van der Waals surface area contributed by atoms with Gasteiger partial charge in [0, 0.05) is 6.04 Å². The summed E-state index contributed by atoms with van der Waals surface area (Å²) < 4.78 is 11.2. The first-order valence-electron chi connectivity index (χ1n) is 7.20. The summed E-state index contributed by atoms with van der Waals surface area (Å²) in [7, 11) is 0. The van der Waals surface area contributed by atoms with Crippen molar-refractivity contribution in [1.29, 1.82) is 0 Å². The van der Waals surface area contributed by atoms with Crippen molar-refractivity contribution < 1.29 is 9.47 Å². The molecular weight excluding hydrogens is 238 g/mol. The van der Waals surface area contributed by atoms with Crippen molar-refractivity contribution in [2.24, 2.45) is 11.7 Å². The molecule has 0 bridgehead atoms. The Kier molecular flexibility index (Phi) is 6.71. The van der Waals surface area contributed by atoms with E-state index in [1.807, 2.05) is 19.9 Å². The molecule has 0 spiro atoms. The van der Waals surface area contributed by atoms with E-state index in [0.29, 0.717) is 19.1 Å². The van der Waals surface area contributed by atoms with Crippen LogP contribution in [0, 0.1) is 5.92 Å². The van der Waals surface area contributed by atoms with E-state index in [2.05, 4.69) is 26.0 Å². The standard InChI is InChI=1S/C16H27NO2/c1-5-18-15-8-7-14(11-16(15)19-6-2)10-12(3)9-13(4)17/h7-8,11-13H,5-6,9-10,17H2,1-4H3. The second-order valence-electron chi connectivity index (χ2n) is 5.17. The van der Waals surface area contributed by atoms with Gasteiger partial charge in [0.15, 0.2) is 11.5 Å². The summed E-state index contributed by atoms with van der Waals surface area (Å²) in [6.45, 7) is 9.56. The van der Waals surface area contributed by atoms with Crippen LogP contribution < -0.4 is 15.2 Å². The molecule has 1 rings (SSSR count). The summed E-state index contributed by atoms with van der Waals surface area (Å²) in [6.07, 6.45) is 2.06. The van der Waals surface area contributed by atoms with E-state index in [1.165, 1.54) is 5.56 Å². The first-order valence-corrected chi connectivity index (χ1v) is 7.20. The van der Waals surface area contributed by atoms with Crippen LogP contribution in [0.3, 0.4) is 0 Å². The Morgan fingerprint density at radius 2 is 1.68 bits per heavy atom. The highest BCUT2D eigenvalue weighted by Gasteiger charge is 2.10. The molecule has 1 aromatic rings. The van der Waals surface area contributed by atoms with Crippen LogP contribution in [-0.2, 0) is 6.42 Å². The van der Waals surface area contributed by atoms with Gasteiger partial charge in [0.1, 0.15) is 0 Å². The fourth-order valence-corrected chi connectivity index (χ4v) is 2.34. The van der Waals surface area contributed by atoms with Gasteiger partial charge in [-0.2, -0.15) is 0 Å². The van der Waals surface area contributed by atoms with Crippen LogP contribution in [0.15, 0.2) is 18.2 Å². The van der Waals surface area contributed by atoms with E-state index in [0.717, 1.165) is 24.3 Å². The minimum Gasteiger partial charge on any atom is -0.490 e. The van der Waals surface area contributed by atoms with Gasteiger partial charge in [-0.25, -0.2) is 0 Å². The van der Waals surface area contributed by atoms with E-state index < -0.39 is 0 Å². The van der Waals surface area contributed by atoms with E-state index in [4.69, 9.17) is 15.2 Å². The summed E-state index contributed by atoms with van der Waals surface area (Å²) in [4.78, 5) is 0. The molecule has 0 aliphatic heterocycles. The van der Waals surface area contributed by atoms with Gasteiger partial charge < -0.3 is 15.2 Å². The van der Waals surface area contributed by atoms with Crippen LogP contribution in [0.25, 0.3) is 0 Å². The SMILES string of the molecule is CCOc1ccc(CC(C)CC(C)N)cc1OCC. The molecular formula is C16H27NO2. The summed E-state index contributed by atoms with van der Waals surface area (Å²) >= 11 is 0. The van der Waals surface area contributed by atoms with Crippen molar-refractivity contribution in [3.8, 4) is 11.5 Å². The van der Waals surface area contributed by atoms with Crippen LogP contribution in [0.5, 0.6) is 11.5 Å². The quantitative estimate of drug-likeness (QED) is 0.783. The van der Waals surface area contributed by atoms with Crippen LogP contribution in [0.2, 0.25) is 0 Å². The third-order valence-electron chi connectivity index (χ3n) is 2.97. The lowest BCUT2D eigenvalue weighted by atomic mass is 9.95. The molecule has 108 valence electrons. The van der Waals surface area contributed by atoms with Crippen molar-refractivity contribution in [2.75, 3.05) is 13.2 Å². The van der Waals surface area contributed by atoms with Crippen LogP contribution >= 0.6 is 0 Å². The highest BCUT2D eigenvalue weighted by Crippen LogP contribution is 2.29. The zero-order chi connectivity index (χ0) is 14.3. The number of nitrogens with two attached hydrogens (primary N) is 1. The average molecular weight is 265 g/mol. The second-order valence-corrected chi connectivity index (χ2v) is 5.17. The maximum absolute atomic E-state index is 5.84. The Labute approximate surface area is 117 Å². The molecule has 0 aliphatic carbocycles. The van der Waals surface area contributed by atoms with Gasteiger partial charge in [-0.05, 0) is 57.2 Å². The molecule has 0 aromatic heterocycles. The number of hydrogen-bond acceptors (Lipinski definition) is 3. The van der Waals surface area contributed by atoms with Gasteiger partial charge in [-0.3, -0.25) is 0 Å². The number of rotatable bonds is 8. The van der Waals surface area contributed by atoms with Gasteiger partial charge in [-0.1, -0.05) is 13.0 Å². The Morgan fingerprint density at radius 1 is 1.05 bits per heavy atom. The Balaban J connectivity index is 2.76. The molecule has 3 heteroatoms. The number of ether oxygens (including phenoxy) is 2. The van der Waals surface area contributed by atoms with Crippen LogP contribution in [0.1, 0.15) is 39.7 Å². The van der Waals surface area contributed by atoms with E-state index in [-0.39, 0.29) is 6.04 Å². The summed E-state index contributed by atoms with van der Waals surface area (Å²) in [6, 6.07) is 6.46.